The molecule has 0 aliphatic rings. The van der Waals surface area contributed by atoms with Crippen LogP contribution in [0.1, 0.15) is 29.3 Å². The zero-order valence-corrected chi connectivity index (χ0v) is 10.4. The van der Waals surface area contributed by atoms with E-state index in [-0.39, 0.29) is 0 Å². The standard InChI is InChI=1S/C12H14ClNO3/c1-3-10(12(16)17)14-11(15)8-5-4-6-9(13)7(8)2/h4-6,10H,3H2,1-2H3,(H,14,15)(H,16,17)/t10-/m0/s1. The lowest BCUT2D eigenvalue weighted by atomic mass is 10.1. The van der Waals surface area contributed by atoms with Gasteiger partial charge in [-0.25, -0.2) is 4.79 Å². The number of halogens is 1. The topological polar surface area (TPSA) is 66.4 Å². The third kappa shape index (κ3) is 3.20. The summed E-state index contributed by atoms with van der Waals surface area (Å²) in [5.74, 6) is -1.46. The molecular formula is C12H14ClNO3. The first-order valence-corrected chi connectivity index (χ1v) is 5.64. The predicted molar refractivity (Wildman–Crippen MR) is 65.4 cm³/mol. The Labute approximate surface area is 105 Å². The highest BCUT2D eigenvalue weighted by atomic mass is 35.5. The van der Waals surface area contributed by atoms with Crippen LogP contribution >= 0.6 is 11.6 Å². The highest BCUT2D eigenvalue weighted by molar-refractivity contribution is 6.31. The summed E-state index contributed by atoms with van der Waals surface area (Å²) in [7, 11) is 0. The van der Waals surface area contributed by atoms with Crippen molar-refractivity contribution in [1.29, 1.82) is 0 Å². The summed E-state index contributed by atoms with van der Waals surface area (Å²) < 4.78 is 0. The molecule has 0 heterocycles. The summed E-state index contributed by atoms with van der Waals surface area (Å²) >= 11 is 5.89. The molecule has 0 radical (unpaired) electrons. The summed E-state index contributed by atoms with van der Waals surface area (Å²) in [6.07, 6.45) is 0.334. The molecule has 5 heteroatoms. The third-order valence-electron chi connectivity index (χ3n) is 2.52. The SMILES string of the molecule is CC[C@H](NC(=O)c1cccc(Cl)c1C)C(=O)O. The van der Waals surface area contributed by atoms with Crippen LogP contribution in [0.3, 0.4) is 0 Å². The zero-order chi connectivity index (χ0) is 13.0. The number of amides is 1. The van der Waals surface area contributed by atoms with Crippen molar-refractivity contribution >= 4 is 23.5 Å². The van der Waals surface area contributed by atoms with Crippen molar-refractivity contribution in [3.63, 3.8) is 0 Å². The van der Waals surface area contributed by atoms with Crippen LogP contribution in [0.5, 0.6) is 0 Å². The van der Waals surface area contributed by atoms with E-state index in [1.165, 1.54) is 0 Å². The molecule has 17 heavy (non-hydrogen) atoms. The van der Waals surface area contributed by atoms with Gasteiger partial charge in [0.1, 0.15) is 6.04 Å². The average Bonchev–Trinajstić information content (AvgIpc) is 2.28. The molecule has 0 saturated carbocycles. The number of rotatable bonds is 4. The van der Waals surface area contributed by atoms with Crippen LogP contribution in [0.15, 0.2) is 18.2 Å². The Morgan fingerprint density at radius 3 is 2.65 bits per heavy atom. The number of carbonyl (C=O) groups is 2. The van der Waals surface area contributed by atoms with Gasteiger partial charge >= 0.3 is 5.97 Å². The minimum Gasteiger partial charge on any atom is -0.480 e. The Bertz CT molecular complexity index is 445. The molecule has 0 unspecified atom stereocenters. The van der Waals surface area contributed by atoms with E-state index < -0.39 is 17.9 Å². The molecule has 0 fully saturated rings. The molecule has 1 atom stereocenters. The monoisotopic (exact) mass is 255 g/mol. The van der Waals surface area contributed by atoms with Crippen LogP contribution < -0.4 is 5.32 Å². The van der Waals surface area contributed by atoms with Crippen molar-refractivity contribution in [2.24, 2.45) is 0 Å². The number of hydrogen-bond donors (Lipinski definition) is 2. The molecule has 1 aromatic carbocycles. The molecule has 0 aromatic heterocycles. The van der Waals surface area contributed by atoms with Gasteiger partial charge in [0.15, 0.2) is 0 Å². The number of carbonyl (C=O) groups excluding carboxylic acids is 1. The van der Waals surface area contributed by atoms with Gasteiger partial charge in [-0.2, -0.15) is 0 Å². The van der Waals surface area contributed by atoms with Gasteiger partial charge in [-0.05, 0) is 31.0 Å². The fourth-order valence-corrected chi connectivity index (χ4v) is 1.60. The van der Waals surface area contributed by atoms with E-state index in [1.807, 2.05) is 0 Å². The van der Waals surface area contributed by atoms with Gasteiger partial charge in [0.05, 0.1) is 0 Å². The summed E-state index contributed by atoms with van der Waals surface area (Å²) in [5, 5.41) is 11.8. The molecule has 1 amide bonds. The number of hydrogen-bond acceptors (Lipinski definition) is 2. The maximum atomic E-state index is 11.9. The fraction of sp³-hybridized carbons (Fsp3) is 0.333. The minimum atomic E-state index is -1.04. The first-order valence-electron chi connectivity index (χ1n) is 5.26. The van der Waals surface area contributed by atoms with Crippen molar-refractivity contribution in [1.82, 2.24) is 5.32 Å². The molecular weight excluding hydrogens is 242 g/mol. The molecule has 1 rings (SSSR count). The fourth-order valence-electron chi connectivity index (χ4n) is 1.43. The highest BCUT2D eigenvalue weighted by Crippen LogP contribution is 2.18. The zero-order valence-electron chi connectivity index (χ0n) is 9.66. The molecule has 0 bridgehead atoms. The first kappa shape index (κ1) is 13.5. The van der Waals surface area contributed by atoms with Gasteiger partial charge < -0.3 is 10.4 Å². The van der Waals surface area contributed by atoms with Crippen molar-refractivity contribution in [2.75, 3.05) is 0 Å². The average molecular weight is 256 g/mol. The molecule has 92 valence electrons. The molecule has 0 spiro atoms. The lowest BCUT2D eigenvalue weighted by Crippen LogP contribution is -2.40. The molecule has 0 saturated heterocycles. The summed E-state index contributed by atoms with van der Waals surface area (Å²) in [4.78, 5) is 22.7. The Kier molecular flexibility index (Phi) is 4.52. The summed E-state index contributed by atoms with van der Waals surface area (Å²) in [5.41, 5.74) is 1.05. The van der Waals surface area contributed by atoms with Crippen molar-refractivity contribution < 1.29 is 14.7 Å². The van der Waals surface area contributed by atoms with Crippen LogP contribution in [-0.4, -0.2) is 23.0 Å². The highest BCUT2D eigenvalue weighted by Gasteiger charge is 2.19. The number of aliphatic carboxylic acids is 1. The van der Waals surface area contributed by atoms with E-state index in [9.17, 15) is 9.59 Å². The lowest BCUT2D eigenvalue weighted by Gasteiger charge is -2.13. The molecule has 1 aromatic rings. The Hall–Kier alpha value is -1.55. The Morgan fingerprint density at radius 1 is 1.47 bits per heavy atom. The maximum absolute atomic E-state index is 11.9. The number of nitrogens with one attached hydrogen (secondary N) is 1. The van der Waals surface area contributed by atoms with Crippen LogP contribution in [0.25, 0.3) is 0 Å². The van der Waals surface area contributed by atoms with Crippen LogP contribution in [-0.2, 0) is 4.79 Å². The molecule has 2 N–H and O–H groups in total. The molecule has 0 aliphatic carbocycles. The van der Waals surface area contributed by atoms with E-state index >= 15 is 0 Å². The van der Waals surface area contributed by atoms with Crippen molar-refractivity contribution in [3.8, 4) is 0 Å². The number of carboxylic acids is 1. The van der Waals surface area contributed by atoms with E-state index in [2.05, 4.69) is 5.32 Å². The predicted octanol–water partition coefficient (Wildman–Crippen LogP) is 2.24. The minimum absolute atomic E-state index is 0.334. The largest absolute Gasteiger partial charge is 0.480 e. The van der Waals surface area contributed by atoms with E-state index in [1.54, 1.807) is 32.0 Å². The third-order valence-corrected chi connectivity index (χ3v) is 2.93. The molecule has 0 aliphatic heterocycles. The van der Waals surface area contributed by atoms with Gasteiger partial charge in [0.2, 0.25) is 0 Å². The van der Waals surface area contributed by atoms with Gasteiger partial charge in [0.25, 0.3) is 5.91 Å². The van der Waals surface area contributed by atoms with E-state index in [0.717, 1.165) is 0 Å². The van der Waals surface area contributed by atoms with Crippen LogP contribution in [0, 0.1) is 6.92 Å². The van der Waals surface area contributed by atoms with Crippen LogP contribution in [0.4, 0.5) is 0 Å². The quantitative estimate of drug-likeness (QED) is 0.867. The van der Waals surface area contributed by atoms with Crippen LogP contribution in [0.2, 0.25) is 5.02 Å². The maximum Gasteiger partial charge on any atom is 0.326 e. The first-order chi connectivity index (χ1) is 7.97. The Morgan fingerprint density at radius 2 is 2.12 bits per heavy atom. The van der Waals surface area contributed by atoms with Gasteiger partial charge in [0, 0.05) is 10.6 Å². The second-order valence-corrected chi connectivity index (χ2v) is 4.09. The van der Waals surface area contributed by atoms with E-state index in [4.69, 9.17) is 16.7 Å². The number of carboxylic acid groups (broad SMARTS) is 1. The van der Waals surface area contributed by atoms with Gasteiger partial charge in [-0.3, -0.25) is 4.79 Å². The lowest BCUT2D eigenvalue weighted by molar-refractivity contribution is -0.139. The molecule has 4 nitrogen and oxygen atoms in total. The van der Waals surface area contributed by atoms with Gasteiger partial charge in [-0.15, -0.1) is 0 Å². The smallest absolute Gasteiger partial charge is 0.326 e. The van der Waals surface area contributed by atoms with Crippen molar-refractivity contribution in [2.45, 2.75) is 26.3 Å². The van der Waals surface area contributed by atoms with Crippen molar-refractivity contribution in [3.05, 3.63) is 34.3 Å². The van der Waals surface area contributed by atoms with Gasteiger partial charge in [-0.1, -0.05) is 24.6 Å². The normalized spacial score (nSPS) is 11.9. The Balaban J connectivity index is 2.90. The number of benzene rings is 1. The van der Waals surface area contributed by atoms with E-state index in [0.29, 0.717) is 22.6 Å². The second-order valence-electron chi connectivity index (χ2n) is 3.68. The summed E-state index contributed by atoms with van der Waals surface area (Å²) in [6.45, 7) is 3.42. The second kappa shape index (κ2) is 5.68. The summed E-state index contributed by atoms with van der Waals surface area (Å²) in [6, 6.07) is 4.08.